The van der Waals surface area contributed by atoms with Crippen molar-refractivity contribution in [3.63, 3.8) is 0 Å². The third-order valence-electron chi connectivity index (χ3n) is 14.9. The predicted octanol–water partition coefficient (Wildman–Crippen LogP) is 8.74. The molecule has 0 unspecified atom stereocenters. The molecule has 0 saturated heterocycles. The maximum absolute atomic E-state index is 4.39. The number of benzene rings is 4. The zero-order valence-electron chi connectivity index (χ0n) is 45.9. The van der Waals surface area contributed by atoms with Crippen molar-refractivity contribution < 1.29 is 58.9 Å². The van der Waals surface area contributed by atoms with Gasteiger partial charge in [-0.2, -0.15) is 5.20 Å². The average Bonchev–Trinajstić information content (AvgIpc) is 3.81. The average molecular weight is 1070 g/mol. The van der Waals surface area contributed by atoms with Gasteiger partial charge in [0, 0.05) is 0 Å². The minimum atomic E-state index is -2.91. The molecule has 0 heterocycles. The number of hydrogen-bond acceptors (Lipinski definition) is 0. The van der Waals surface area contributed by atoms with Crippen molar-refractivity contribution in [3.8, 4) is 0 Å². The monoisotopic (exact) mass is 1070 g/mol. The Morgan fingerprint density at radius 3 is 0.901 bits per heavy atom. The van der Waals surface area contributed by atoms with E-state index in [4.69, 9.17) is 0 Å². The summed E-state index contributed by atoms with van der Waals surface area (Å²) >= 11 is 0. The van der Waals surface area contributed by atoms with E-state index < -0.39 is 8.07 Å². The largest absolute Gasteiger partial charge is 4.00 e. The summed E-state index contributed by atoms with van der Waals surface area (Å²) in [7, 11) is -2.91. The van der Waals surface area contributed by atoms with E-state index in [0.717, 1.165) is 12.8 Å². The molecule has 5 heteroatoms. The SMILES string of the molecule is CCCCCCc1cc(CCCCCC)cc([Si](C2=[C-]C(Cc3ccccc3)=CC2)(c2cc(CCCCCC)cc(CCCCCC)c2)c2cc(CCCCCC)cc(CCCCCC)c2)c1.[Cl-].[Cl-].[Cl-].[Ti+4]. The van der Waals surface area contributed by atoms with Gasteiger partial charge in [0.2, 0.25) is 0 Å². The van der Waals surface area contributed by atoms with Gasteiger partial charge >= 0.3 is 21.7 Å². The van der Waals surface area contributed by atoms with Crippen LogP contribution in [0, 0.1) is 6.08 Å². The molecule has 0 saturated carbocycles. The normalized spacial score (nSPS) is 12.1. The number of aryl methyl sites for hydroxylation is 6. The molecule has 0 atom stereocenters. The van der Waals surface area contributed by atoms with Crippen LogP contribution in [0.15, 0.2) is 102 Å². The predicted molar refractivity (Wildman–Crippen MR) is 301 cm³/mol. The molecule has 1 aliphatic rings. The Bertz CT molecular complexity index is 1790. The van der Waals surface area contributed by atoms with Gasteiger partial charge in [0.05, 0.1) is 0 Å². The molecule has 71 heavy (non-hydrogen) atoms. The summed E-state index contributed by atoms with van der Waals surface area (Å²) in [6.45, 7) is 14.1. The molecule has 0 radical (unpaired) electrons. The van der Waals surface area contributed by atoms with E-state index >= 15 is 0 Å². The van der Waals surface area contributed by atoms with Crippen molar-refractivity contribution in [2.75, 3.05) is 0 Å². The van der Waals surface area contributed by atoms with Crippen LogP contribution in [0.25, 0.3) is 0 Å². The van der Waals surface area contributed by atoms with Crippen LogP contribution in [-0.2, 0) is 66.7 Å². The Balaban J connectivity index is 0.00000630. The number of halogens is 3. The summed E-state index contributed by atoms with van der Waals surface area (Å²) in [6.07, 6.45) is 47.3. The first-order valence-electron chi connectivity index (χ1n) is 28.7. The van der Waals surface area contributed by atoms with Gasteiger partial charge in [-0.1, -0.05) is 248 Å². The van der Waals surface area contributed by atoms with Crippen LogP contribution in [0.5, 0.6) is 0 Å². The molecule has 0 nitrogen and oxygen atoms in total. The molecular weight excluding hydrogens is 975 g/mol. The Labute approximate surface area is 472 Å². The third-order valence-corrected chi connectivity index (χ3v) is 19.6. The zero-order valence-corrected chi connectivity index (χ0v) is 50.8. The van der Waals surface area contributed by atoms with E-state index in [9.17, 15) is 0 Å². The van der Waals surface area contributed by atoms with Crippen LogP contribution >= 0.6 is 0 Å². The maximum Gasteiger partial charge on any atom is 4.00 e. The molecular formula is C66H97Cl3SiTi. The molecule has 5 rings (SSSR count). The molecule has 0 spiro atoms. The summed E-state index contributed by atoms with van der Waals surface area (Å²) in [5.74, 6) is 0. The van der Waals surface area contributed by atoms with Crippen molar-refractivity contribution in [1.29, 1.82) is 0 Å². The molecule has 1 aliphatic carbocycles. The van der Waals surface area contributed by atoms with Crippen molar-refractivity contribution in [2.45, 2.75) is 247 Å². The van der Waals surface area contributed by atoms with Gasteiger partial charge in [0.1, 0.15) is 0 Å². The molecule has 0 amide bonds. The molecule has 390 valence electrons. The van der Waals surface area contributed by atoms with Crippen molar-refractivity contribution in [2.24, 2.45) is 0 Å². The first-order chi connectivity index (χ1) is 33.0. The zero-order chi connectivity index (χ0) is 47.4. The Kier molecular flexibility index (Phi) is 37.4. The van der Waals surface area contributed by atoms with Gasteiger partial charge in [-0.05, 0) is 138 Å². The quantitative estimate of drug-likeness (QED) is 0.0185. The fraction of sp³-hybridized carbons (Fsp3) is 0.576. The van der Waals surface area contributed by atoms with Crippen LogP contribution in [0.2, 0.25) is 0 Å². The molecule has 4 aromatic carbocycles. The van der Waals surface area contributed by atoms with E-state index in [1.54, 1.807) is 54.1 Å². The molecule has 4 aromatic rings. The topological polar surface area (TPSA) is 0 Å². The van der Waals surface area contributed by atoms with Crippen LogP contribution in [-0.4, -0.2) is 8.07 Å². The smallest absolute Gasteiger partial charge is 1.00 e. The maximum atomic E-state index is 4.39. The number of allylic oxidation sites excluding steroid dienone is 4. The molecule has 0 N–H and O–H groups in total. The summed E-state index contributed by atoms with van der Waals surface area (Å²) in [5.41, 5.74) is 12.3. The van der Waals surface area contributed by atoms with E-state index in [2.05, 4.69) is 139 Å². The first-order valence-corrected chi connectivity index (χ1v) is 30.7. The van der Waals surface area contributed by atoms with Crippen LogP contribution < -0.4 is 52.8 Å². The second-order valence-corrected chi connectivity index (χ2v) is 24.8. The Hall–Kier alpha value is -1.84. The number of rotatable bonds is 36. The van der Waals surface area contributed by atoms with Crippen molar-refractivity contribution in [3.05, 3.63) is 147 Å². The van der Waals surface area contributed by atoms with Gasteiger partial charge < -0.3 is 37.2 Å². The molecule has 0 fully saturated rings. The molecule has 0 bridgehead atoms. The number of unbranched alkanes of at least 4 members (excludes halogenated alkanes) is 18. The van der Waals surface area contributed by atoms with Crippen LogP contribution in [0.3, 0.4) is 0 Å². The fourth-order valence-electron chi connectivity index (χ4n) is 11.1. The minimum absolute atomic E-state index is 0. The van der Waals surface area contributed by atoms with Gasteiger partial charge in [-0.25, -0.2) is 11.6 Å². The Morgan fingerprint density at radius 2 is 0.634 bits per heavy atom. The van der Waals surface area contributed by atoms with Gasteiger partial charge in [0.25, 0.3) is 0 Å². The summed E-state index contributed by atoms with van der Waals surface area (Å²) < 4.78 is 0. The van der Waals surface area contributed by atoms with Gasteiger partial charge in [0.15, 0.2) is 8.07 Å². The minimum Gasteiger partial charge on any atom is -1.00 e. The number of hydrogen-bond donors (Lipinski definition) is 0. The molecule has 0 aromatic heterocycles. The van der Waals surface area contributed by atoms with E-state index in [-0.39, 0.29) is 58.9 Å². The third kappa shape index (κ3) is 22.5. The second kappa shape index (κ2) is 39.6. The van der Waals surface area contributed by atoms with Crippen molar-refractivity contribution in [1.82, 2.24) is 0 Å². The fourth-order valence-corrected chi connectivity index (χ4v) is 16.3. The van der Waals surface area contributed by atoms with Crippen LogP contribution in [0.4, 0.5) is 0 Å². The van der Waals surface area contributed by atoms with E-state index in [1.807, 2.05) is 0 Å². The van der Waals surface area contributed by atoms with Crippen molar-refractivity contribution >= 4 is 23.6 Å². The van der Waals surface area contributed by atoms with Gasteiger partial charge in [-0.15, -0.1) is 0 Å². The standard InChI is InChI=1S/C66H97Si.3ClH.Ti/c1-7-13-19-26-36-56-45-57(37-27-20-14-8-2)50-64(49-56)67(63-43-42-62(48-63)44-55-34-32-25-33-35-55,65-51-58(38-28-21-15-9-3)46-59(52-65)39-29-22-16-10-4)66-53-60(40-30-23-17-11-5)47-61(54-66)41-31-24-18-12-6;;;;/h25,32-35,42,45-47,49-54H,7-24,26-31,36-41,43-44H2,1-6H3;3*1H;/q-1;;;;+4/p-3. The van der Waals surface area contributed by atoms with Gasteiger partial charge in [-0.3, -0.25) is 6.08 Å². The summed E-state index contributed by atoms with van der Waals surface area (Å²) in [4.78, 5) is 0. The molecule has 0 aliphatic heterocycles. The first kappa shape index (κ1) is 67.2. The summed E-state index contributed by atoms with van der Waals surface area (Å²) in [6, 6.07) is 35.9. The Morgan fingerprint density at radius 1 is 0.352 bits per heavy atom. The van der Waals surface area contributed by atoms with E-state index in [1.165, 1.54) is 204 Å². The van der Waals surface area contributed by atoms with Crippen LogP contribution in [0.1, 0.15) is 241 Å². The summed E-state index contributed by atoms with van der Waals surface area (Å²) in [5, 5.41) is 6.52. The second-order valence-electron chi connectivity index (χ2n) is 20.9. The van der Waals surface area contributed by atoms with E-state index in [0.29, 0.717) is 0 Å².